The van der Waals surface area contributed by atoms with Crippen molar-refractivity contribution in [3.8, 4) is 0 Å². The molecule has 178 valence electrons. The van der Waals surface area contributed by atoms with Gasteiger partial charge in [0.15, 0.2) is 0 Å². The fraction of sp³-hybridized carbons (Fsp3) is 0.458. The van der Waals surface area contributed by atoms with Crippen molar-refractivity contribution in [2.45, 2.75) is 12.3 Å². The summed E-state index contributed by atoms with van der Waals surface area (Å²) in [5.41, 5.74) is 2.44. The number of benzene rings is 2. The third kappa shape index (κ3) is 5.92. The van der Waals surface area contributed by atoms with E-state index >= 15 is 0 Å². The van der Waals surface area contributed by atoms with Crippen LogP contribution in [0.15, 0.2) is 60.7 Å². The highest BCUT2D eigenvalue weighted by Crippen LogP contribution is 2.27. The van der Waals surface area contributed by atoms with Crippen LogP contribution in [0.25, 0.3) is 0 Å². The third-order valence-corrected chi connectivity index (χ3v) is 8.30. The fourth-order valence-corrected chi connectivity index (χ4v) is 5.96. The molecule has 33 heavy (non-hydrogen) atoms. The monoisotopic (exact) mass is 472 g/mol. The van der Waals surface area contributed by atoms with Crippen molar-refractivity contribution in [1.82, 2.24) is 18.8 Å². The Hall–Kier alpha value is -2.46. The second-order valence-electron chi connectivity index (χ2n) is 8.30. The number of morpholine rings is 1. The van der Waals surface area contributed by atoms with E-state index in [9.17, 15) is 13.2 Å². The molecule has 2 amide bonds. The summed E-state index contributed by atoms with van der Waals surface area (Å²) < 4.78 is 33.8. The molecule has 2 heterocycles. The van der Waals surface area contributed by atoms with Crippen LogP contribution in [0.2, 0.25) is 0 Å². The molecular weight excluding hydrogens is 440 g/mol. The Morgan fingerprint density at radius 2 is 1.33 bits per heavy atom. The molecule has 2 aliphatic heterocycles. The van der Waals surface area contributed by atoms with Crippen LogP contribution in [0.4, 0.5) is 4.79 Å². The van der Waals surface area contributed by atoms with Gasteiger partial charge in [0.2, 0.25) is 0 Å². The van der Waals surface area contributed by atoms with Gasteiger partial charge in [-0.15, -0.1) is 0 Å². The lowest BCUT2D eigenvalue weighted by molar-refractivity contribution is 0.0690. The summed E-state index contributed by atoms with van der Waals surface area (Å²) in [5.74, 6) is 0.197. The van der Waals surface area contributed by atoms with Crippen LogP contribution < -0.4 is 5.32 Å². The van der Waals surface area contributed by atoms with Crippen molar-refractivity contribution in [2.24, 2.45) is 0 Å². The summed E-state index contributed by atoms with van der Waals surface area (Å²) in [4.78, 5) is 14.4. The average molecular weight is 473 g/mol. The number of hydrogen-bond donors (Lipinski definition) is 1. The molecule has 0 bridgehead atoms. The maximum Gasteiger partial charge on any atom is 0.317 e. The molecule has 1 N–H and O–H groups in total. The van der Waals surface area contributed by atoms with Crippen LogP contribution >= 0.6 is 0 Å². The maximum atomic E-state index is 12.8. The van der Waals surface area contributed by atoms with Crippen molar-refractivity contribution >= 4 is 16.2 Å². The number of carbonyl (C=O) groups is 1. The van der Waals surface area contributed by atoms with Gasteiger partial charge in [0.1, 0.15) is 0 Å². The summed E-state index contributed by atoms with van der Waals surface area (Å²) in [6.07, 6.45) is 0.783. The Morgan fingerprint density at radius 1 is 0.818 bits per heavy atom. The molecule has 0 unspecified atom stereocenters. The smallest absolute Gasteiger partial charge is 0.317 e. The molecule has 0 aromatic heterocycles. The SMILES string of the molecule is O=C(NCCC(c1ccccc1)c1ccccc1)N1CCN(S(=O)(=O)N2CCOCC2)CC1. The molecule has 0 spiro atoms. The molecule has 8 nitrogen and oxygen atoms in total. The number of nitrogens with one attached hydrogen (secondary N) is 1. The summed E-state index contributed by atoms with van der Waals surface area (Å²) in [6, 6.07) is 20.5. The second kappa shape index (κ2) is 11.1. The van der Waals surface area contributed by atoms with Gasteiger partial charge in [-0.25, -0.2) is 4.79 Å². The lowest BCUT2D eigenvalue weighted by Gasteiger charge is -2.37. The predicted molar refractivity (Wildman–Crippen MR) is 127 cm³/mol. The van der Waals surface area contributed by atoms with Gasteiger partial charge in [0.05, 0.1) is 13.2 Å². The van der Waals surface area contributed by atoms with Gasteiger partial charge in [-0.2, -0.15) is 17.0 Å². The highest BCUT2D eigenvalue weighted by atomic mass is 32.2. The Kier molecular flexibility index (Phi) is 7.97. The number of hydrogen-bond acceptors (Lipinski definition) is 4. The summed E-state index contributed by atoms with van der Waals surface area (Å²) in [5, 5.41) is 3.03. The number of carbonyl (C=O) groups excluding carboxylic acids is 1. The van der Waals surface area contributed by atoms with Crippen LogP contribution in [0.5, 0.6) is 0 Å². The zero-order valence-corrected chi connectivity index (χ0v) is 19.6. The minimum absolute atomic E-state index is 0.140. The van der Waals surface area contributed by atoms with Gasteiger partial charge >= 0.3 is 6.03 Å². The average Bonchev–Trinajstić information content (AvgIpc) is 2.88. The van der Waals surface area contributed by atoms with Crippen LogP contribution in [0.1, 0.15) is 23.5 Å². The van der Waals surface area contributed by atoms with E-state index in [2.05, 4.69) is 29.6 Å². The minimum Gasteiger partial charge on any atom is -0.379 e. The van der Waals surface area contributed by atoms with E-state index in [0.29, 0.717) is 59.0 Å². The molecule has 9 heteroatoms. The van der Waals surface area contributed by atoms with E-state index < -0.39 is 10.2 Å². The molecule has 2 fully saturated rings. The van der Waals surface area contributed by atoms with Crippen LogP contribution in [0.3, 0.4) is 0 Å². The van der Waals surface area contributed by atoms with Gasteiger partial charge in [0.25, 0.3) is 10.2 Å². The normalized spacial score (nSPS) is 18.4. The van der Waals surface area contributed by atoms with Gasteiger partial charge < -0.3 is 15.0 Å². The largest absolute Gasteiger partial charge is 0.379 e. The first-order chi connectivity index (χ1) is 16.1. The molecule has 4 rings (SSSR count). The standard InChI is InChI=1S/C24H32N4O4S/c29-24(26-13-15-27(16-14-26)33(30,31)28-17-19-32-20-18-28)25-12-11-23(21-7-3-1-4-8-21)22-9-5-2-6-10-22/h1-10,23H,11-20H2,(H,25,29). The van der Waals surface area contributed by atoms with E-state index in [1.54, 1.807) is 4.90 Å². The van der Waals surface area contributed by atoms with E-state index in [4.69, 9.17) is 4.74 Å². The summed E-state index contributed by atoms with van der Waals surface area (Å²) >= 11 is 0. The first-order valence-corrected chi connectivity index (χ1v) is 12.9. The molecular formula is C24H32N4O4S. The predicted octanol–water partition coefficient (Wildman–Crippen LogP) is 2.11. The lowest BCUT2D eigenvalue weighted by atomic mass is 9.88. The highest BCUT2D eigenvalue weighted by molar-refractivity contribution is 7.86. The van der Waals surface area contributed by atoms with Crippen molar-refractivity contribution in [3.05, 3.63) is 71.8 Å². The number of amides is 2. The van der Waals surface area contributed by atoms with Crippen LogP contribution in [-0.2, 0) is 14.9 Å². The molecule has 2 saturated heterocycles. The summed E-state index contributed by atoms with van der Waals surface area (Å²) in [7, 11) is -3.50. The maximum absolute atomic E-state index is 12.8. The molecule has 2 aromatic rings. The van der Waals surface area contributed by atoms with Gasteiger partial charge in [-0.3, -0.25) is 0 Å². The molecule has 0 aliphatic carbocycles. The molecule has 2 aromatic carbocycles. The van der Waals surface area contributed by atoms with E-state index in [1.165, 1.54) is 19.7 Å². The highest BCUT2D eigenvalue weighted by Gasteiger charge is 2.34. The van der Waals surface area contributed by atoms with Crippen molar-refractivity contribution in [1.29, 1.82) is 0 Å². The van der Waals surface area contributed by atoms with Gasteiger partial charge in [-0.1, -0.05) is 60.7 Å². The summed E-state index contributed by atoms with van der Waals surface area (Å²) in [6.45, 7) is 3.54. The van der Waals surface area contributed by atoms with Crippen molar-refractivity contribution in [3.63, 3.8) is 0 Å². The zero-order valence-electron chi connectivity index (χ0n) is 18.8. The number of nitrogens with zero attached hydrogens (tertiary/aromatic N) is 3. The Morgan fingerprint density at radius 3 is 1.88 bits per heavy atom. The lowest BCUT2D eigenvalue weighted by Crippen LogP contribution is -2.57. The third-order valence-electron chi connectivity index (χ3n) is 6.26. The minimum atomic E-state index is -3.50. The molecule has 0 atom stereocenters. The Balaban J connectivity index is 1.28. The molecule has 0 saturated carbocycles. The zero-order chi connectivity index (χ0) is 23.1. The fourth-order valence-electron chi connectivity index (χ4n) is 4.39. The van der Waals surface area contributed by atoms with Crippen molar-refractivity contribution < 1.29 is 17.9 Å². The first-order valence-electron chi connectivity index (χ1n) is 11.5. The first kappa shape index (κ1) is 23.7. The van der Waals surface area contributed by atoms with Gasteiger partial charge in [-0.05, 0) is 17.5 Å². The van der Waals surface area contributed by atoms with Gasteiger partial charge in [0, 0.05) is 51.7 Å². The van der Waals surface area contributed by atoms with Crippen molar-refractivity contribution in [2.75, 3.05) is 59.0 Å². The number of piperazine rings is 1. The van der Waals surface area contributed by atoms with E-state index in [-0.39, 0.29) is 11.9 Å². The van der Waals surface area contributed by atoms with Crippen LogP contribution in [0, 0.1) is 0 Å². The Bertz CT molecular complexity index is 950. The van der Waals surface area contributed by atoms with Crippen LogP contribution in [-0.4, -0.2) is 87.0 Å². The van der Waals surface area contributed by atoms with E-state index in [0.717, 1.165) is 6.42 Å². The Labute approximate surface area is 196 Å². The van der Waals surface area contributed by atoms with E-state index in [1.807, 2.05) is 36.4 Å². The number of urea groups is 1. The topological polar surface area (TPSA) is 82.2 Å². The number of rotatable bonds is 7. The second-order valence-corrected chi connectivity index (χ2v) is 10.2. The number of ether oxygens (including phenoxy) is 1. The molecule has 0 radical (unpaired) electrons. The quantitative estimate of drug-likeness (QED) is 0.669. The molecule has 2 aliphatic rings.